The lowest BCUT2D eigenvalue weighted by molar-refractivity contribution is 0.0175. The molecule has 0 saturated carbocycles. The fraction of sp³-hybridized carbons (Fsp3) is 0.167. The Bertz CT molecular complexity index is 570. The van der Waals surface area contributed by atoms with Crippen molar-refractivity contribution in [2.75, 3.05) is 0 Å². The average Bonchev–Trinajstić information content (AvgIpc) is 2.77. The standard InChI is InChI=1S/C12H9F2NO3/c1-12(13,14)8-4-2-7(3-5-8)10-6-9(11(16)17)15-18-10/h2-6H,1H3,(H,16,17). The highest BCUT2D eigenvalue weighted by Gasteiger charge is 2.24. The van der Waals surface area contributed by atoms with E-state index >= 15 is 0 Å². The van der Waals surface area contributed by atoms with E-state index in [4.69, 9.17) is 9.63 Å². The molecule has 0 atom stereocenters. The molecule has 4 nitrogen and oxygen atoms in total. The van der Waals surface area contributed by atoms with Crippen molar-refractivity contribution in [3.05, 3.63) is 41.6 Å². The van der Waals surface area contributed by atoms with Crippen LogP contribution in [0.15, 0.2) is 34.9 Å². The van der Waals surface area contributed by atoms with Crippen LogP contribution in [0.25, 0.3) is 11.3 Å². The van der Waals surface area contributed by atoms with Gasteiger partial charge in [-0.3, -0.25) is 0 Å². The molecule has 0 bridgehead atoms. The lowest BCUT2D eigenvalue weighted by Crippen LogP contribution is -2.06. The molecule has 1 aromatic carbocycles. The van der Waals surface area contributed by atoms with Gasteiger partial charge in [0.2, 0.25) is 0 Å². The molecule has 1 heterocycles. The highest BCUT2D eigenvalue weighted by molar-refractivity contribution is 5.86. The predicted molar refractivity (Wildman–Crippen MR) is 58.5 cm³/mol. The number of hydrogen-bond donors (Lipinski definition) is 1. The van der Waals surface area contributed by atoms with E-state index in [1.807, 2.05) is 0 Å². The molecule has 1 aromatic heterocycles. The van der Waals surface area contributed by atoms with Gasteiger partial charge in [-0.15, -0.1) is 0 Å². The summed E-state index contributed by atoms with van der Waals surface area (Å²) in [4.78, 5) is 10.6. The summed E-state index contributed by atoms with van der Waals surface area (Å²) < 4.78 is 30.8. The Hall–Kier alpha value is -2.24. The molecule has 18 heavy (non-hydrogen) atoms. The van der Waals surface area contributed by atoms with Gasteiger partial charge in [0.05, 0.1) is 0 Å². The van der Waals surface area contributed by atoms with Gasteiger partial charge in [0.15, 0.2) is 11.5 Å². The van der Waals surface area contributed by atoms with Gasteiger partial charge < -0.3 is 9.63 Å². The Morgan fingerprint density at radius 3 is 2.39 bits per heavy atom. The second kappa shape index (κ2) is 4.21. The van der Waals surface area contributed by atoms with Gasteiger partial charge in [0, 0.05) is 24.1 Å². The summed E-state index contributed by atoms with van der Waals surface area (Å²) in [5.41, 5.74) is 0.141. The number of aromatic nitrogens is 1. The summed E-state index contributed by atoms with van der Waals surface area (Å²) in [6.45, 7) is 0.805. The highest BCUT2D eigenvalue weighted by Crippen LogP contribution is 2.29. The molecule has 1 N–H and O–H groups in total. The van der Waals surface area contributed by atoms with E-state index in [0.717, 1.165) is 6.92 Å². The molecule has 94 valence electrons. The predicted octanol–water partition coefficient (Wildman–Crippen LogP) is 3.15. The molecule has 0 aliphatic heterocycles. The number of rotatable bonds is 3. The largest absolute Gasteiger partial charge is 0.476 e. The van der Waals surface area contributed by atoms with Gasteiger partial charge in [0.25, 0.3) is 5.92 Å². The summed E-state index contributed by atoms with van der Waals surface area (Å²) in [7, 11) is 0. The molecule has 0 radical (unpaired) electrons. The maximum atomic E-state index is 13.0. The number of benzene rings is 1. The molecule has 2 aromatic rings. The maximum absolute atomic E-state index is 13.0. The first-order valence-electron chi connectivity index (χ1n) is 5.06. The molecular formula is C12H9F2NO3. The Kier molecular flexibility index (Phi) is 2.86. The van der Waals surface area contributed by atoms with E-state index in [-0.39, 0.29) is 17.0 Å². The number of hydrogen-bond acceptors (Lipinski definition) is 3. The van der Waals surface area contributed by atoms with Gasteiger partial charge in [-0.1, -0.05) is 29.4 Å². The highest BCUT2D eigenvalue weighted by atomic mass is 19.3. The van der Waals surface area contributed by atoms with Gasteiger partial charge in [0.1, 0.15) is 0 Å². The number of carboxylic acid groups (broad SMARTS) is 1. The van der Waals surface area contributed by atoms with E-state index in [1.165, 1.54) is 30.3 Å². The summed E-state index contributed by atoms with van der Waals surface area (Å²) in [5.74, 6) is -3.90. The van der Waals surface area contributed by atoms with Crippen LogP contribution in [0, 0.1) is 0 Å². The van der Waals surface area contributed by atoms with E-state index < -0.39 is 11.9 Å². The Labute approximate surface area is 101 Å². The zero-order valence-electron chi connectivity index (χ0n) is 9.35. The van der Waals surface area contributed by atoms with Crippen molar-refractivity contribution < 1.29 is 23.2 Å². The minimum atomic E-state index is -2.91. The van der Waals surface area contributed by atoms with Crippen molar-refractivity contribution in [2.24, 2.45) is 0 Å². The monoisotopic (exact) mass is 253 g/mol. The minimum absolute atomic E-state index is 0.121. The molecule has 2 rings (SSSR count). The van der Waals surface area contributed by atoms with Crippen LogP contribution in [0.1, 0.15) is 23.0 Å². The third kappa shape index (κ3) is 2.37. The van der Waals surface area contributed by atoms with E-state index in [1.54, 1.807) is 0 Å². The van der Waals surface area contributed by atoms with Crippen LogP contribution in [0.3, 0.4) is 0 Å². The lowest BCUT2D eigenvalue weighted by Gasteiger charge is -2.10. The topological polar surface area (TPSA) is 63.3 Å². The summed E-state index contributed by atoms with van der Waals surface area (Å²) in [6.07, 6.45) is 0. The van der Waals surface area contributed by atoms with Crippen molar-refractivity contribution in [2.45, 2.75) is 12.8 Å². The molecule has 0 amide bonds. The quantitative estimate of drug-likeness (QED) is 0.912. The van der Waals surface area contributed by atoms with Crippen molar-refractivity contribution in [1.82, 2.24) is 5.16 Å². The SMILES string of the molecule is CC(F)(F)c1ccc(-c2cc(C(=O)O)no2)cc1. The van der Waals surface area contributed by atoms with Gasteiger partial charge >= 0.3 is 5.97 Å². The Morgan fingerprint density at radius 1 is 1.33 bits per heavy atom. The summed E-state index contributed by atoms with van der Waals surface area (Å²) in [5, 5.41) is 12.0. The fourth-order valence-corrected chi connectivity index (χ4v) is 1.44. The Balaban J connectivity index is 2.31. The molecular weight excluding hydrogens is 244 g/mol. The van der Waals surface area contributed by atoms with Crippen molar-refractivity contribution in [3.63, 3.8) is 0 Å². The second-order valence-electron chi connectivity index (χ2n) is 3.85. The fourth-order valence-electron chi connectivity index (χ4n) is 1.44. The molecule has 0 spiro atoms. The lowest BCUT2D eigenvalue weighted by atomic mass is 10.1. The maximum Gasteiger partial charge on any atom is 0.358 e. The summed E-state index contributed by atoms with van der Waals surface area (Å²) in [6, 6.07) is 6.62. The normalized spacial score (nSPS) is 11.5. The van der Waals surface area contributed by atoms with Crippen LogP contribution in [0.5, 0.6) is 0 Å². The molecule has 0 saturated heterocycles. The number of nitrogens with zero attached hydrogens (tertiary/aromatic N) is 1. The molecule has 0 unspecified atom stereocenters. The second-order valence-corrected chi connectivity index (χ2v) is 3.85. The van der Waals surface area contributed by atoms with Crippen molar-refractivity contribution in [1.29, 1.82) is 0 Å². The van der Waals surface area contributed by atoms with Gasteiger partial charge in [-0.25, -0.2) is 13.6 Å². The molecule has 0 fully saturated rings. The first-order valence-corrected chi connectivity index (χ1v) is 5.06. The summed E-state index contributed by atoms with van der Waals surface area (Å²) >= 11 is 0. The van der Waals surface area contributed by atoms with Gasteiger partial charge in [-0.05, 0) is 0 Å². The first kappa shape index (κ1) is 12.2. The molecule has 0 aliphatic rings. The minimum Gasteiger partial charge on any atom is -0.476 e. The van der Waals surface area contributed by atoms with Crippen LogP contribution in [0.2, 0.25) is 0 Å². The van der Waals surface area contributed by atoms with Gasteiger partial charge in [-0.2, -0.15) is 0 Å². The zero-order chi connectivity index (χ0) is 13.3. The van der Waals surface area contributed by atoms with E-state index in [2.05, 4.69) is 5.16 Å². The number of alkyl halides is 2. The molecule has 0 aliphatic carbocycles. The zero-order valence-corrected chi connectivity index (χ0v) is 9.35. The Morgan fingerprint density at radius 2 is 1.94 bits per heavy atom. The van der Waals surface area contributed by atoms with Crippen LogP contribution in [-0.2, 0) is 5.92 Å². The number of carbonyl (C=O) groups is 1. The third-order valence-corrected chi connectivity index (χ3v) is 2.41. The van der Waals surface area contributed by atoms with Crippen molar-refractivity contribution in [3.8, 4) is 11.3 Å². The van der Waals surface area contributed by atoms with Crippen LogP contribution in [-0.4, -0.2) is 16.2 Å². The third-order valence-electron chi connectivity index (χ3n) is 2.41. The number of carboxylic acids is 1. The first-order chi connectivity index (χ1) is 8.38. The van der Waals surface area contributed by atoms with Crippen LogP contribution < -0.4 is 0 Å². The van der Waals surface area contributed by atoms with E-state index in [9.17, 15) is 13.6 Å². The van der Waals surface area contributed by atoms with Crippen molar-refractivity contribution >= 4 is 5.97 Å². The van der Waals surface area contributed by atoms with Crippen LogP contribution in [0.4, 0.5) is 8.78 Å². The average molecular weight is 253 g/mol. The number of aromatic carboxylic acids is 1. The van der Waals surface area contributed by atoms with E-state index in [0.29, 0.717) is 5.56 Å². The van der Waals surface area contributed by atoms with Crippen LogP contribution >= 0.6 is 0 Å². The smallest absolute Gasteiger partial charge is 0.358 e. The number of halogens is 2. The molecule has 6 heteroatoms.